The van der Waals surface area contributed by atoms with Crippen molar-refractivity contribution in [2.24, 2.45) is 0 Å². The number of rotatable bonds is 7. The zero-order valence-corrected chi connectivity index (χ0v) is 23.8. The molecule has 0 atom stereocenters. The molecule has 1 saturated heterocycles. The Morgan fingerprint density at radius 2 is 1.81 bits per heavy atom. The largest absolute Gasteiger partial charge is 0.443 e. The molecule has 1 aliphatic rings. The number of nitrogens with zero attached hydrogens (tertiary/aromatic N) is 7. The molecule has 4 aromatic rings. The van der Waals surface area contributed by atoms with E-state index in [1.165, 1.54) is 17.0 Å². The topological polar surface area (TPSA) is 149 Å². The number of hydrogen-bond donors (Lipinski definition) is 1. The minimum atomic E-state index is -4.17. The average molecular weight is 603 g/mol. The first-order valence-electron chi connectivity index (χ1n) is 12.9. The molecule has 1 amide bonds. The number of nitrogens with one attached hydrogen (secondary N) is 1. The standard InChI is InChI=1S/C26H28F2N8O5S/c1-26(2,3)41-25(37)33-42(38,39)35-11-9-34(10-12-35)24-19(28)15-29-23(30-24)21-14-22(20-8-13-40-32-20)36(31-21)16-17-6-4-5-7-18(17)27/h4-8,13-15H,9-12,16H2,1-3H3,(H,33,37). The van der Waals surface area contributed by atoms with Crippen molar-refractivity contribution in [1.82, 2.24) is 33.9 Å². The van der Waals surface area contributed by atoms with Crippen LogP contribution in [0.25, 0.3) is 22.9 Å². The molecule has 1 N–H and O–H groups in total. The first-order valence-corrected chi connectivity index (χ1v) is 14.3. The zero-order chi connectivity index (χ0) is 30.1. The van der Waals surface area contributed by atoms with Gasteiger partial charge in [-0.2, -0.15) is 17.8 Å². The first kappa shape index (κ1) is 29.1. The fourth-order valence-corrected chi connectivity index (χ4v) is 5.32. The van der Waals surface area contributed by atoms with Crippen LogP contribution >= 0.6 is 0 Å². The van der Waals surface area contributed by atoms with E-state index in [9.17, 15) is 22.0 Å². The van der Waals surface area contributed by atoms with E-state index in [2.05, 4.69) is 20.2 Å². The van der Waals surface area contributed by atoms with Gasteiger partial charge in [0.1, 0.15) is 29.1 Å². The van der Waals surface area contributed by atoms with Crippen LogP contribution in [0.1, 0.15) is 26.3 Å². The number of ether oxygens (including phenoxy) is 1. The third-order valence-corrected chi connectivity index (χ3v) is 7.67. The zero-order valence-electron chi connectivity index (χ0n) is 23.0. The number of carbonyl (C=O) groups is 1. The van der Waals surface area contributed by atoms with E-state index in [-0.39, 0.29) is 50.1 Å². The lowest BCUT2D eigenvalue weighted by Gasteiger charge is -2.34. The van der Waals surface area contributed by atoms with Crippen LogP contribution in [0.5, 0.6) is 0 Å². The third-order valence-electron chi connectivity index (χ3n) is 6.20. The molecule has 1 fully saturated rings. The van der Waals surface area contributed by atoms with E-state index in [0.29, 0.717) is 17.0 Å². The van der Waals surface area contributed by atoms with Gasteiger partial charge in [0, 0.05) is 37.8 Å². The smallest absolute Gasteiger partial charge is 0.422 e. The van der Waals surface area contributed by atoms with Gasteiger partial charge in [0.05, 0.1) is 18.4 Å². The van der Waals surface area contributed by atoms with E-state index >= 15 is 0 Å². The summed E-state index contributed by atoms with van der Waals surface area (Å²) in [4.78, 5) is 22.1. The molecule has 5 rings (SSSR count). The fourth-order valence-electron chi connectivity index (χ4n) is 4.30. The molecule has 0 radical (unpaired) electrons. The molecule has 0 bridgehead atoms. The van der Waals surface area contributed by atoms with Crippen molar-refractivity contribution in [3.63, 3.8) is 0 Å². The van der Waals surface area contributed by atoms with Crippen molar-refractivity contribution >= 4 is 22.1 Å². The summed E-state index contributed by atoms with van der Waals surface area (Å²) in [6, 6.07) is 9.56. The highest BCUT2D eigenvalue weighted by Gasteiger charge is 2.31. The number of carbonyl (C=O) groups excluding carboxylic acids is 1. The number of piperazine rings is 1. The van der Waals surface area contributed by atoms with Crippen LogP contribution in [0.15, 0.2) is 53.4 Å². The van der Waals surface area contributed by atoms with Crippen molar-refractivity contribution in [2.45, 2.75) is 32.9 Å². The molecular formula is C26H28F2N8O5S. The fraction of sp³-hybridized carbons (Fsp3) is 0.346. The van der Waals surface area contributed by atoms with Crippen LogP contribution in [-0.4, -0.2) is 75.5 Å². The Morgan fingerprint density at radius 3 is 2.48 bits per heavy atom. The lowest BCUT2D eigenvalue weighted by Crippen LogP contribution is -2.53. The van der Waals surface area contributed by atoms with E-state index in [4.69, 9.17) is 9.26 Å². The van der Waals surface area contributed by atoms with Gasteiger partial charge in [-0.3, -0.25) is 4.68 Å². The molecule has 1 aliphatic heterocycles. The van der Waals surface area contributed by atoms with Crippen LogP contribution < -0.4 is 9.62 Å². The highest BCUT2D eigenvalue weighted by atomic mass is 32.2. The second-order valence-corrected chi connectivity index (χ2v) is 12.1. The summed E-state index contributed by atoms with van der Waals surface area (Å²) in [5, 5.41) is 8.51. The van der Waals surface area contributed by atoms with Gasteiger partial charge in [-0.1, -0.05) is 23.4 Å². The van der Waals surface area contributed by atoms with Gasteiger partial charge >= 0.3 is 16.3 Å². The Kier molecular flexibility index (Phi) is 7.92. The number of aromatic nitrogens is 5. The van der Waals surface area contributed by atoms with Gasteiger partial charge in [-0.05, 0) is 32.9 Å². The number of halogens is 2. The maximum absolute atomic E-state index is 14.9. The summed E-state index contributed by atoms with van der Waals surface area (Å²) in [5.41, 5.74) is 0.765. The molecule has 0 aliphatic carbocycles. The van der Waals surface area contributed by atoms with E-state index in [1.54, 1.807) is 56.0 Å². The minimum absolute atomic E-state index is 0.0372. The predicted octanol–water partition coefficient (Wildman–Crippen LogP) is 3.21. The molecule has 3 aromatic heterocycles. The molecule has 16 heteroatoms. The maximum Gasteiger partial charge on any atom is 0.422 e. The van der Waals surface area contributed by atoms with Crippen LogP contribution in [0.3, 0.4) is 0 Å². The van der Waals surface area contributed by atoms with Gasteiger partial charge in [-0.25, -0.2) is 28.3 Å². The monoisotopic (exact) mass is 602 g/mol. The molecule has 0 spiro atoms. The Labute approximate surface area is 240 Å². The number of anilines is 1. The summed E-state index contributed by atoms with van der Waals surface area (Å²) >= 11 is 0. The van der Waals surface area contributed by atoms with Gasteiger partial charge in [0.2, 0.25) is 0 Å². The van der Waals surface area contributed by atoms with Gasteiger partial charge in [0.25, 0.3) is 0 Å². The Bertz CT molecular complexity index is 1680. The summed E-state index contributed by atoms with van der Waals surface area (Å²) < 4.78 is 69.1. The van der Waals surface area contributed by atoms with Crippen LogP contribution in [0.4, 0.5) is 19.4 Å². The van der Waals surface area contributed by atoms with Crippen molar-refractivity contribution in [3.8, 4) is 22.9 Å². The number of benzene rings is 1. The quantitative estimate of drug-likeness (QED) is 0.334. The molecule has 222 valence electrons. The van der Waals surface area contributed by atoms with Crippen molar-refractivity contribution in [1.29, 1.82) is 0 Å². The molecule has 0 saturated carbocycles. The summed E-state index contributed by atoms with van der Waals surface area (Å²) in [7, 11) is -4.17. The van der Waals surface area contributed by atoms with E-state index < -0.39 is 33.5 Å². The van der Waals surface area contributed by atoms with Crippen molar-refractivity contribution in [3.05, 3.63) is 66.1 Å². The summed E-state index contributed by atoms with van der Waals surface area (Å²) in [6.07, 6.45) is 1.32. The highest BCUT2D eigenvalue weighted by molar-refractivity contribution is 7.87. The molecular weight excluding hydrogens is 574 g/mol. The van der Waals surface area contributed by atoms with Crippen LogP contribution in [0, 0.1) is 11.6 Å². The number of amides is 1. The third kappa shape index (κ3) is 6.54. The molecule has 42 heavy (non-hydrogen) atoms. The summed E-state index contributed by atoms with van der Waals surface area (Å²) in [6.45, 7) is 5.04. The minimum Gasteiger partial charge on any atom is -0.443 e. The van der Waals surface area contributed by atoms with E-state index in [0.717, 1.165) is 10.5 Å². The lowest BCUT2D eigenvalue weighted by molar-refractivity contribution is 0.0567. The second-order valence-electron chi connectivity index (χ2n) is 10.4. The normalized spacial score (nSPS) is 14.6. The Balaban J connectivity index is 1.35. The van der Waals surface area contributed by atoms with Gasteiger partial charge < -0.3 is 14.2 Å². The van der Waals surface area contributed by atoms with Crippen molar-refractivity contribution in [2.75, 3.05) is 31.1 Å². The molecule has 4 heterocycles. The SMILES string of the molecule is CC(C)(C)OC(=O)NS(=O)(=O)N1CCN(c2nc(-c3cc(-c4ccon4)n(Cc4ccccc4F)n3)ncc2F)CC1. The highest BCUT2D eigenvalue weighted by Crippen LogP contribution is 2.27. The van der Waals surface area contributed by atoms with Crippen LogP contribution in [0.2, 0.25) is 0 Å². The van der Waals surface area contributed by atoms with Crippen molar-refractivity contribution < 1.29 is 31.3 Å². The molecule has 0 unspecified atom stereocenters. The maximum atomic E-state index is 14.9. The lowest BCUT2D eigenvalue weighted by atomic mass is 10.2. The van der Waals surface area contributed by atoms with Gasteiger partial charge in [0.15, 0.2) is 17.5 Å². The second kappa shape index (κ2) is 11.4. The Hall–Kier alpha value is -4.44. The molecule has 1 aromatic carbocycles. The first-order chi connectivity index (χ1) is 19.9. The number of hydrogen-bond acceptors (Lipinski definition) is 10. The molecule has 13 nitrogen and oxygen atoms in total. The Morgan fingerprint density at radius 1 is 1.07 bits per heavy atom. The van der Waals surface area contributed by atoms with Crippen LogP contribution in [-0.2, 0) is 21.5 Å². The predicted molar refractivity (Wildman–Crippen MR) is 146 cm³/mol. The average Bonchev–Trinajstić information content (AvgIpc) is 3.59. The van der Waals surface area contributed by atoms with Gasteiger partial charge in [-0.15, -0.1) is 0 Å². The summed E-state index contributed by atoms with van der Waals surface area (Å²) in [5.74, 6) is -1.04. The van der Waals surface area contributed by atoms with E-state index in [1.807, 2.05) is 4.72 Å².